The molecule has 6 heteroatoms. The van der Waals surface area contributed by atoms with Gasteiger partial charge in [0.25, 0.3) is 0 Å². The van der Waals surface area contributed by atoms with Crippen LogP contribution in [0.3, 0.4) is 0 Å². The Labute approximate surface area is 150 Å². The highest BCUT2D eigenvalue weighted by Gasteiger charge is 2.20. The lowest BCUT2D eigenvalue weighted by atomic mass is 9.96. The molecule has 0 amide bonds. The Morgan fingerprint density at radius 1 is 1.16 bits per heavy atom. The molecule has 0 aliphatic carbocycles. The lowest BCUT2D eigenvalue weighted by Gasteiger charge is -2.16. The number of pyridine rings is 1. The van der Waals surface area contributed by atoms with Crippen molar-refractivity contribution in [1.29, 1.82) is 0 Å². The van der Waals surface area contributed by atoms with E-state index in [1.54, 1.807) is 0 Å². The summed E-state index contributed by atoms with van der Waals surface area (Å²) in [6, 6.07) is 11.4. The average Bonchev–Trinajstić information content (AvgIpc) is 2.97. The molecule has 0 aliphatic heterocycles. The average molecular weight is 351 g/mol. The summed E-state index contributed by atoms with van der Waals surface area (Å²) in [5.74, 6) is 4.62. The lowest BCUT2D eigenvalue weighted by Crippen LogP contribution is -2.15. The fourth-order valence-electron chi connectivity index (χ4n) is 2.35. The molecule has 0 aliphatic rings. The van der Waals surface area contributed by atoms with Crippen molar-refractivity contribution in [2.45, 2.75) is 36.0 Å². The number of carboxylic acid groups (broad SMARTS) is 1. The molecule has 126 valence electrons. The Hall–Kier alpha value is -2.78. The Morgan fingerprint density at radius 3 is 2.64 bits per heavy atom. The van der Waals surface area contributed by atoms with Crippen LogP contribution >= 0.6 is 11.8 Å². The van der Waals surface area contributed by atoms with Crippen LogP contribution in [0.1, 0.15) is 32.2 Å². The van der Waals surface area contributed by atoms with Crippen LogP contribution in [0, 0.1) is 11.8 Å². The van der Waals surface area contributed by atoms with Gasteiger partial charge in [0.2, 0.25) is 0 Å². The number of fused-ring (bicyclic) bond motifs is 1. The molecule has 0 atom stereocenters. The molecule has 0 saturated heterocycles. The van der Waals surface area contributed by atoms with Crippen LogP contribution in [0.15, 0.2) is 52.4 Å². The number of carboxylic acids is 1. The zero-order chi connectivity index (χ0) is 18.0. The maximum Gasteiger partial charge on any atom is 0.382 e. The predicted molar refractivity (Wildman–Crippen MR) is 96.8 cm³/mol. The van der Waals surface area contributed by atoms with Crippen molar-refractivity contribution in [3.05, 3.63) is 54.0 Å². The van der Waals surface area contributed by atoms with Crippen molar-refractivity contribution < 1.29 is 9.90 Å². The second-order valence-corrected chi connectivity index (χ2v) is 7.64. The van der Waals surface area contributed by atoms with Crippen LogP contribution in [-0.2, 0) is 10.2 Å². The number of nitrogens with zero attached hydrogens (tertiary/aromatic N) is 3. The molecule has 0 radical (unpaired) electrons. The molecule has 0 fully saturated rings. The highest BCUT2D eigenvalue weighted by Crippen LogP contribution is 2.31. The normalized spacial score (nSPS) is 11.2. The van der Waals surface area contributed by atoms with E-state index in [1.165, 1.54) is 11.8 Å². The van der Waals surface area contributed by atoms with Gasteiger partial charge in [-0.3, -0.25) is 4.40 Å². The van der Waals surface area contributed by atoms with Gasteiger partial charge in [-0.05, 0) is 24.3 Å². The SMILES string of the molecule is CC(C)(C)c1nnc2ccc(Sc3ccccc3C#CC(=O)O)cn12. The maximum atomic E-state index is 10.7. The zero-order valence-corrected chi connectivity index (χ0v) is 15.0. The van der Waals surface area contributed by atoms with Crippen molar-refractivity contribution >= 4 is 23.4 Å². The number of hydrogen-bond acceptors (Lipinski definition) is 4. The van der Waals surface area contributed by atoms with E-state index >= 15 is 0 Å². The first-order chi connectivity index (χ1) is 11.8. The molecule has 3 rings (SSSR count). The van der Waals surface area contributed by atoms with E-state index in [0.717, 1.165) is 21.3 Å². The van der Waals surface area contributed by atoms with Gasteiger partial charge in [0.1, 0.15) is 5.82 Å². The molecule has 0 spiro atoms. The standard InChI is InChI=1S/C19H17N3O2S/c1-19(2,3)18-21-20-16-10-9-14(12-22(16)18)25-15-7-5-4-6-13(15)8-11-17(23)24/h4-7,9-10,12H,1-3H3,(H,23,24). The monoisotopic (exact) mass is 351 g/mol. The van der Waals surface area contributed by atoms with E-state index in [2.05, 4.69) is 42.8 Å². The molecular formula is C19H17N3O2S. The number of rotatable bonds is 2. The van der Waals surface area contributed by atoms with Crippen LogP contribution in [0.4, 0.5) is 0 Å². The first-order valence-corrected chi connectivity index (χ1v) is 8.53. The smallest absolute Gasteiger partial charge is 0.382 e. The molecule has 1 N–H and O–H groups in total. The minimum Gasteiger partial charge on any atom is -0.472 e. The van der Waals surface area contributed by atoms with Crippen molar-refractivity contribution in [2.75, 3.05) is 0 Å². The van der Waals surface area contributed by atoms with E-state index in [9.17, 15) is 4.79 Å². The lowest BCUT2D eigenvalue weighted by molar-refractivity contribution is -0.130. The summed E-state index contributed by atoms with van der Waals surface area (Å²) in [7, 11) is 0. The molecular weight excluding hydrogens is 334 g/mol. The van der Waals surface area contributed by atoms with Gasteiger partial charge >= 0.3 is 5.97 Å². The summed E-state index contributed by atoms with van der Waals surface area (Å²) in [6.45, 7) is 6.29. The van der Waals surface area contributed by atoms with Crippen molar-refractivity contribution in [3.63, 3.8) is 0 Å². The molecule has 2 aromatic heterocycles. The highest BCUT2D eigenvalue weighted by atomic mass is 32.2. The molecule has 5 nitrogen and oxygen atoms in total. The first-order valence-electron chi connectivity index (χ1n) is 7.72. The van der Waals surface area contributed by atoms with Crippen LogP contribution in [-0.4, -0.2) is 25.7 Å². The Bertz CT molecular complexity index is 1010. The number of aromatic nitrogens is 3. The Balaban J connectivity index is 2.00. The van der Waals surface area contributed by atoms with Gasteiger partial charge in [-0.25, -0.2) is 4.79 Å². The van der Waals surface area contributed by atoms with Crippen LogP contribution in [0.2, 0.25) is 0 Å². The van der Waals surface area contributed by atoms with E-state index < -0.39 is 5.97 Å². The third-order valence-corrected chi connectivity index (χ3v) is 4.52. The second-order valence-electron chi connectivity index (χ2n) is 6.52. The molecule has 2 heterocycles. The molecule has 1 aromatic carbocycles. The second kappa shape index (κ2) is 6.61. The van der Waals surface area contributed by atoms with E-state index in [4.69, 9.17) is 5.11 Å². The molecule has 0 bridgehead atoms. The summed E-state index contributed by atoms with van der Waals surface area (Å²) in [6.07, 6.45) is 2.00. The largest absolute Gasteiger partial charge is 0.472 e. The Morgan fingerprint density at radius 2 is 1.92 bits per heavy atom. The third kappa shape index (κ3) is 3.83. The van der Waals surface area contributed by atoms with Crippen molar-refractivity contribution in [3.8, 4) is 11.8 Å². The maximum absolute atomic E-state index is 10.7. The topological polar surface area (TPSA) is 67.5 Å². The van der Waals surface area contributed by atoms with Gasteiger partial charge in [-0.2, -0.15) is 0 Å². The van der Waals surface area contributed by atoms with E-state index in [0.29, 0.717) is 5.56 Å². The number of aliphatic carboxylic acids is 1. The summed E-state index contributed by atoms with van der Waals surface area (Å²) in [5.41, 5.74) is 1.37. The minimum absolute atomic E-state index is 0.117. The fraction of sp³-hybridized carbons (Fsp3) is 0.211. The van der Waals surface area contributed by atoms with Crippen LogP contribution in [0.5, 0.6) is 0 Å². The third-order valence-electron chi connectivity index (χ3n) is 3.46. The van der Waals surface area contributed by atoms with Crippen molar-refractivity contribution in [1.82, 2.24) is 14.6 Å². The zero-order valence-electron chi connectivity index (χ0n) is 14.1. The van der Waals surface area contributed by atoms with Crippen LogP contribution < -0.4 is 0 Å². The number of benzene rings is 1. The van der Waals surface area contributed by atoms with Crippen LogP contribution in [0.25, 0.3) is 5.65 Å². The molecule has 0 saturated carbocycles. The van der Waals surface area contributed by atoms with Gasteiger partial charge in [0, 0.05) is 32.9 Å². The van der Waals surface area contributed by atoms with Gasteiger partial charge < -0.3 is 5.11 Å². The summed E-state index contributed by atoms with van der Waals surface area (Å²) in [4.78, 5) is 12.6. The van der Waals surface area contributed by atoms with Gasteiger partial charge in [-0.15, -0.1) is 10.2 Å². The number of hydrogen-bond donors (Lipinski definition) is 1. The molecule has 25 heavy (non-hydrogen) atoms. The van der Waals surface area contributed by atoms with E-state index in [-0.39, 0.29) is 5.41 Å². The first kappa shape index (κ1) is 17.1. The van der Waals surface area contributed by atoms with E-state index in [1.807, 2.05) is 47.0 Å². The highest BCUT2D eigenvalue weighted by molar-refractivity contribution is 7.99. The molecule has 0 unspecified atom stereocenters. The summed E-state index contributed by atoms with van der Waals surface area (Å²) >= 11 is 1.53. The quantitative estimate of drug-likeness (QED) is 0.714. The molecule has 3 aromatic rings. The van der Waals surface area contributed by atoms with Gasteiger partial charge in [0.05, 0.1) is 0 Å². The predicted octanol–water partition coefficient (Wildman–Crippen LogP) is 3.61. The minimum atomic E-state index is -1.14. The number of carbonyl (C=O) groups is 1. The van der Waals surface area contributed by atoms with Gasteiger partial charge in [0.15, 0.2) is 5.65 Å². The van der Waals surface area contributed by atoms with Crippen molar-refractivity contribution in [2.24, 2.45) is 0 Å². The fourth-order valence-corrected chi connectivity index (χ4v) is 3.27. The summed E-state index contributed by atoms with van der Waals surface area (Å²) in [5, 5.41) is 17.3. The Kier molecular flexibility index (Phi) is 4.51. The van der Waals surface area contributed by atoms with Gasteiger partial charge in [-0.1, -0.05) is 50.6 Å². The summed E-state index contributed by atoms with van der Waals surface area (Å²) < 4.78 is 1.99.